The molecule has 29 heavy (non-hydrogen) atoms. The fourth-order valence-corrected chi connectivity index (χ4v) is 4.09. The molecule has 2 aliphatic rings. The van der Waals surface area contributed by atoms with Crippen LogP contribution in [0.4, 0.5) is 0 Å². The van der Waals surface area contributed by atoms with Crippen LogP contribution in [0.2, 0.25) is 0 Å². The molecular weight excluding hydrogens is 370 g/mol. The predicted molar refractivity (Wildman–Crippen MR) is 106 cm³/mol. The van der Waals surface area contributed by atoms with E-state index < -0.39 is 0 Å². The molecule has 0 spiro atoms. The van der Waals surface area contributed by atoms with Gasteiger partial charge in [-0.25, -0.2) is 0 Å². The summed E-state index contributed by atoms with van der Waals surface area (Å²) in [5.41, 5.74) is 2.06. The third kappa shape index (κ3) is 3.53. The average molecular weight is 393 g/mol. The Hall–Kier alpha value is -3.06. The van der Waals surface area contributed by atoms with Crippen molar-refractivity contribution in [1.82, 2.24) is 15.0 Å². The molecule has 7 heteroatoms. The van der Waals surface area contributed by atoms with Crippen molar-refractivity contribution < 1.29 is 18.7 Å². The van der Waals surface area contributed by atoms with Gasteiger partial charge in [-0.05, 0) is 49.2 Å². The van der Waals surface area contributed by atoms with Crippen molar-refractivity contribution in [2.75, 3.05) is 26.9 Å². The Kier molecular flexibility index (Phi) is 4.81. The second kappa shape index (κ2) is 7.75. The normalized spacial score (nSPS) is 18.7. The SMILES string of the molecule is COc1ccccc1-c1noc(CN2CCC[C@@H]2c2ccc3c(c2)OCCO3)n1. The van der Waals surface area contributed by atoms with Crippen LogP contribution in [0.5, 0.6) is 17.2 Å². The first-order valence-corrected chi connectivity index (χ1v) is 9.91. The summed E-state index contributed by atoms with van der Waals surface area (Å²) in [5, 5.41) is 4.16. The number of nitrogens with zero attached hydrogens (tertiary/aromatic N) is 3. The van der Waals surface area contributed by atoms with E-state index in [1.54, 1.807) is 7.11 Å². The van der Waals surface area contributed by atoms with Crippen LogP contribution in [0.3, 0.4) is 0 Å². The van der Waals surface area contributed by atoms with E-state index in [0.29, 0.717) is 37.5 Å². The highest BCUT2D eigenvalue weighted by molar-refractivity contribution is 5.63. The molecule has 0 N–H and O–H groups in total. The van der Waals surface area contributed by atoms with Gasteiger partial charge >= 0.3 is 0 Å². The zero-order chi connectivity index (χ0) is 19.6. The fraction of sp³-hybridized carbons (Fsp3) is 0.364. The van der Waals surface area contributed by atoms with Gasteiger partial charge in [-0.2, -0.15) is 4.98 Å². The number of hydrogen-bond donors (Lipinski definition) is 0. The number of rotatable bonds is 5. The van der Waals surface area contributed by atoms with Crippen molar-refractivity contribution in [2.24, 2.45) is 0 Å². The van der Waals surface area contributed by atoms with Gasteiger partial charge in [0.2, 0.25) is 11.7 Å². The highest BCUT2D eigenvalue weighted by Crippen LogP contribution is 2.38. The summed E-state index contributed by atoms with van der Waals surface area (Å²) < 4.78 is 22.4. The number of hydrogen-bond acceptors (Lipinski definition) is 7. The van der Waals surface area contributed by atoms with E-state index in [4.69, 9.17) is 18.7 Å². The van der Waals surface area contributed by atoms with E-state index in [9.17, 15) is 0 Å². The fourth-order valence-electron chi connectivity index (χ4n) is 4.09. The van der Waals surface area contributed by atoms with Crippen LogP contribution in [0.25, 0.3) is 11.4 Å². The van der Waals surface area contributed by atoms with Gasteiger partial charge in [0.05, 0.1) is 19.2 Å². The number of aromatic nitrogens is 2. The maximum absolute atomic E-state index is 5.76. The van der Waals surface area contributed by atoms with Gasteiger partial charge in [-0.1, -0.05) is 23.4 Å². The van der Waals surface area contributed by atoms with E-state index in [1.807, 2.05) is 30.3 Å². The Labute approximate surface area is 169 Å². The minimum atomic E-state index is 0.299. The molecule has 0 amide bonds. The summed E-state index contributed by atoms with van der Waals surface area (Å²) in [4.78, 5) is 6.99. The first kappa shape index (κ1) is 18.0. The Bertz CT molecular complexity index is 1000. The molecule has 1 aromatic heterocycles. The van der Waals surface area contributed by atoms with Crippen LogP contribution >= 0.6 is 0 Å². The van der Waals surface area contributed by atoms with Gasteiger partial charge in [-0.3, -0.25) is 4.90 Å². The lowest BCUT2D eigenvalue weighted by molar-refractivity contribution is 0.170. The molecule has 3 heterocycles. The van der Waals surface area contributed by atoms with E-state index in [0.717, 1.165) is 42.2 Å². The van der Waals surface area contributed by atoms with Gasteiger partial charge in [0.15, 0.2) is 11.5 Å². The van der Waals surface area contributed by atoms with Gasteiger partial charge in [-0.15, -0.1) is 0 Å². The van der Waals surface area contributed by atoms with Crippen LogP contribution in [-0.2, 0) is 6.54 Å². The summed E-state index contributed by atoms with van der Waals surface area (Å²) in [6, 6.07) is 14.2. The topological polar surface area (TPSA) is 69.9 Å². The van der Waals surface area contributed by atoms with Gasteiger partial charge in [0.1, 0.15) is 19.0 Å². The Morgan fingerprint density at radius 3 is 2.86 bits per heavy atom. The first-order valence-electron chi connectivity index (χ1n) is 9.91. The predicted octanol–water partition coefficient (Wildman–Crippen LogP) is 3.85. The molecular formula is C22H23N3O4. The Balaban J connectivity index is 1.35. The number of benzene rings is 2. The molecule has 2 aliphatic heterocycles. The first-order chi connectivity index (χ1) is 14.3. The quantitative estimate of drug-likeness (QED) is 0.652. The minimum Gasteiger partial charge on any atom is -0.496 e. The van der Waals surface area contributed by atoms with Crippen molar-refractivity contribution in [1.29, 1.82) is 0 Å². The van der Waals surface area contributed by atoms with E-state index in [-0.39, 0.29) is 0 Å². The molecule has 2 aromatic carbocycles. The summed E-state index contributed by atoms with van der Waals surface area (Å²) >= 11 is 0. The molecule has 1 atom stereocenters. The third-order valence-corrected chi connectivity index (χ3v) is 5.47. The van der Waals surface area contributed by atoms with E-state index in [1.165, 1.54) is 5.56 Å². The monoisotopic (exact) mass is 393 g/mol. The maximum atomic E-state index is 5.76. The molecule has 7 nitrogen and oxygen atoms in total. The van der Waals surface area contributed by atoms with E-state index in [2.05, 4.69) is 27.2 Å². The lowest BCUT2D eigenvalue weighted by Crippen LogP contribution is -2.23. The van der Waals surface area contributed by atoms with Crippen molar-refractivity contribution in [3.05, 3.63) is 53.9 Å². The van der Waals surface area contributed by atoms with Crippen molar-refractivity contribution >= 4 is 0 Å². The minimum absolute atomic E-state index is 0.299. The molecule has 3 aromatic rings. The lowest BCUT2D eigenvalue weighted by Gasteiger charge is -2.25. The summed E-state index contributed by atoms with van der Waals surface area (Å²) in [5.74, 6) is 3.54. The molecule has 5 rings (SSSR count). The zero-order valence-electron chi connectivity index (χ0n) is 16.3. The highest BCUT2D eigenvalue weighted by atomic mass is 16.6. The standard InChI is InChI=1S/C22H23N3O4/c1-26-18-7-3-2-5-16(18)22-23-21(29-24-22)14-25-10-4-6-17(25)15-8-9-19-20(13-15)28-12-11-27-19/h2-3,5,7-9,13,17H,4,6,10-12,14H2,1H3/t17-/m1/s1. The van der Waals surface area contributed by atoms with Crippen LogP contribution in [0.1, 0.15) is 30.3 Å². The van der Waals surface area contributed by atoms with Crippen LogP contribution in [0.15, 0.2) is 47.0 Å². The smallest absolute Gasteiger partial charge is 0.241 e. The number of methoxy groups -OCH3 is 1. The van der Waals surface area contributed by atoms with Crippen LogP contribution < -0.4 is 14.2 Å². The maximum Gasteiger partial charge on any atom is 0.241 e. The number of likely N-dealkylation sites (tertiary alicyclic amines) is 1. The number of fused-ring (bicyclic) bond motifs is 1. The van der Waals surface area contributed by atoms with E-state index >= 15 is 0 Å². The second-order valence-electron chi connectivity index (χ2n) is 7.24. The molecule has 0 bridgehead atoms. The largest absolute Gasteiger partial charge is 0.496 e. The molecule has 0 radical (unpaired) electrons. The molecule has 1 fully saturated rings. The molecule has 1 saturated heterocycles. The van der Waals surface area contributed by atoms with Crippen molar-refractivity contribution in [3.8, 4) is 28.6 Å². The summed E-state index contributed by atoms with van der Waals surface area (Å²) in [6.45, 7) is 2.80. The molecule has 0 saturated carbocycles. The summed E-state index contributed by atoms with van der Waals surface area (Å²) in [7, 11) is 1.64. The van der Waals surface area contributed by atoms with Crippen molar-refractivity contribution in [3.63, 3.8) is 0 Å². The molecule has 150 valence electrons. The highest BCUT2D eigenvalue weighted by Gasteiger charge is 2.29. The number of para-hydroxylation sites is 1. The average Bonchev–Trinajstić information content (AvgIpc) is 3.43. The second-order valence-corrected chi connectivity index (χ2v) is 7.24. The summed E-state index contributed by atoms with van der Waals surface area (Å²) in [6.07, 6.45) is 2.22. The third-order valence-electron chi connectivity index (χ3n) is 5.47. The zero-order valence-corrected chi connectivity index (χ0v) is 16.3. The Morgan fingerprint density at radius 1 is 1.10 bits per heavy atom. The van der Waals surface area contributed by atoms with Gasteiger partial charge in [0, 0.05) is 6.04 Å². The Morgan fingerprint density at radius 2 is 1.97 bits per heavy atom. The molecule has 0 aliphatic carbocycles. The molecule has 0 unspecified atom stereocenters. The number of ether oxygens (including phenoxy) is 3. The van der Waals surface area contributed by atoms with Crippen molar-refractivity contribution in [2.45, 2.75) is 25.4 Å². The van der Waals surface area contributed by atoms with Crippen LogP contribution in [-0.4, -0.2) is 41.9 Å². The van der Waals surface area contributed by atoms with Crippen LogP contribution in [0, 0.1) is 0 Å². The van der Waals surface area contributed by atoms with Gasteiger partial charge in [0.25, 0.3) is 0 Å². The van der Waals surface area contributed by atoms with Gasteiger partial charge < -0.3 is 18.7 Å². The lowest BCUT2D eigenvalue weighted by atomic mass is 10.0.